The topological polar surface area (TPSA) is 95.1 Å². The molecule has 1 aromatic heterocycles. The maximum absolute atomic E-state index is 12.0. The van der Waals surface area contributed by atoms with E-state index in [0.717, 1.165) is 17.9 Å². The number of carbonyl (C=O) groups is 1. The number of ether oxygens (including phenoxy) is 1. The summed E-state index contributed by atoms with van der Waals surface area (Å²) in [6.45, 7) is 2.88. The Labute approximate surface area is 135 Å². The number of nitrogens with zero attached hydrogens (tertiary/aromatic N) is 3. The van der Waals surface area contributed by atoms with Crippen LogP contribution < -0.4 is 15.8 Å². The summed E-state index contributed by atoms with van der Waals surface area (Å²) in [7, 11) is 1.61. The molecule has 0 spiro atoms. The first kappa shape index (κ1) is 17.9. The summed E-state index contributed by atoms with van der Waals surface area (Å²) >= 11 is 0. The third-order valence-corrected chi connectivity index (χ3v) is 3.09. The molecule has 0 unspecified atom stereocenters. The fourth-order valence-corrected chi connectivity index (χ4v) is 1.90. The molecule has 0 saturated carbocycles. The summed E-state index contributed by atoms with van der Waals surface area (Å²) in [4.78, 5) is 12.0. The van der Waals surface area contributed by atoms with E-state index in [0.29, 0.717) is 24.5 Å². The van der Waals surface area contributed by atoms with E-state index in [1.807, 2.05) is 31.2 Å². The summed E-state index contributed by atoms with van der Waals surface area (Å²) < 4.78 is 6.74. The lowest BCUT2D eigenvalue weighted by Gasteiger charge is -2.05. The van der Waals surface area contributed by atoms with Crippen LogP contribution in [0.4, 0.5) is 0 Å². The quantitative estimate of drug-likeness (QED) is 0.775. The van der Waals surface area contributed by atoms with Gasteiger partial charge >= 0.3 is 0 Å². The second-order valence-corrected chi connectivity index (χ2v) is 4.53. The third kappa shape index (κ3) is 3.96. The number of carbonyl (C=O) groups excluding carboxylic acids is 1. The monoisotopic (exact) mass is 325 g/mol. The lowest BCUT2D eigenvalue weighted by Crippen LogP contribution is -2.27. The first-order valence-corrected chi connectivity index (χ1v) is 6.72. The first-order chi connectivity index (χ1) is 10.2. The van der Waals surface area contributed by atoms with Crippen molar-refractivity contribution >= 4 is 18.3 Å². The van der Waals surface area contributed by atoms with Crippen LogP contribution in [0.15, 0.2) is 24.3 Å². The van der Waals surface area contributed by atoms with Gasteiger partial charge in [0.15, 0.2) is 5.69 Å². The van der Waals surface area contributed by atoms with Gasteiger partial charge in [-0.3, -0.25) is 4.79 Å². The van der Waals surface area contributed by atoms with Gasteiger partial charge < -0.3 is 15.8 Å². The number of nitrogens with one attached hydrogen (secondary N) is 1. The number of hydrogen-bond acceptors (Lipinski definition) is 5. The number of benzene rings is 1. The number of hydrogen-bond donors (Lipinski definition) is 2. The van der Waals surface area contributed by atoms with Crippen molar-refractivity contribution in [3.8, 4) is 11.4 Å². The zero-order valence-electron chi connectivity index (χ0n) is 12.6. The van der Waals surface area contributed by atoms with Crippen LogP contribution in [0.25, 0.3) is 5.69 Å². The molecule has 0 aliphatic carbocycles. The molecular formula is C14H20ClN5O2. The minimum atomic E-state index is -0.235. The summed E-state index contributed by atoms with van der Waals surface area (Å²) in [5.41, 5.74) is 7.22. The second kappa shape index (κ2) is 8.35. The number of methoxy groups -OCH3 is 1. The summed E-state index contributed by atoms with van der Waals surface area (Å²) in [5.74, 6) is 0.525. The Balaban J connectivity index is 0.00000242. The Bertz CT molecular complexity index is 612. The van der Waals surface area contributed by atoms with Crippen LogP contribution in [-0.4, -0.2) is 41.1 Å². The normalized spacial score (nSPS) is 9.95. The van der Waals surface area contributed by atoms with Crippen LogP contribution in [0.5, 0.6) is 5.75 Å². The lowest BCUT2D eigenvalue weighted by atomic mass is 10.2. The highest BCUT2D eigenvalue weighted by atomic mass is 35.5. The summed E-state index contributed by atoms with van der Waals surface area (Å²) in [5, 5.41) is 10.8. The Morgan fingerprint density at radius 2 is 2.05 bits per heavy atom. The Morgan fingerprint density at radius 3 is 2.64 bits per heavy atom. The standard InChI is InChI=1S/C14H19N5O2.ClH/c1-10-13(14(20)16-9-3-8-15)17-18-19(10)11-4-6-12(21-2)7-5-11;/h4-7H,3,8-9,15H2,1-2H3,(H,16,20);1H. The minimum Gasteiger partial charge on any atom is -0.497 e. The van der Waals surface area contributed by atoms with Crippen molar-refractivity contribution in [1.29, 1.82) is 0 Å². The molecule has 120 valence electrons. The van der Waals surface area contributed by atoms with Crippen LogP contribution in [0, 0.1) is 6.92 Å². The molecule has 1 heterocycles. The molecule has 22 heavy (non-hydrogen) atoms. The number of halogens is 1. The molecule has 2 rings (SSSR count). The van der Waals surface area contributed by atoms with Gasteiger partial charge in [0.05, 0.1) is 18.5 Å². The van der Waals surface area contributed by atoms with E-state index in [4.69, 9.17) is 10.5 Å². The molecule has 2 aromatic rings. The van der Waals surface area contributed by atoms with Gasteiger partial charge in [-0.2, -0.15) is 0 Å². The molecule has 0 aliphatic heterocycles. The minimum absolute atomic E-state index is 0. The largest absolute Gasteiger partial charge is 0.497 e. The smallest absolute Gasteiger partial charge is 0.273 e. The van der Waals surface area contributed by atoms with Gasteiger partial charge in [0.25, 0.3) is 5.91 Å². The lowest BCUT2D eigenvalue weighted by molar-refractivity contribution is 0.0948. The molecule has 0 fully saturated rings. The molecule has 0 aliphatic rings. The number of nitrogens with two attached hydrogens (primary N) is 1. The maximum atomic E-state index is 12.0. The predicted molar refractivity (Wildman–Crippen MR) is 85.9 cm³/mol. The molecule has 1 aromatic carbocycles. The average molecular weight is 326 g/mol. The van der Waals surface area contributed by atoms with E-state index in [1.165, 1.54) is 0 Å². The van der Waals surface area contributed by atoms with Gasteiger partial charge in [-0.25, -0.2) is 4.68 Å². The van der Waals surface area contributed by atoms with E-state index >= 15 is 0 Å². The Kier molecular flexibility index (Phi) is 6.81. The summed E-state index contributed by atoms with van der Waals surface area (Å²) in [6.07, 6.45) is 0.734. The number of rotatable bonds is 6. The predicted octanol–water partition coefficient (Wildman–Crippen LogP) is 1.08. The van der Waals surface area contributed by atoms with Crippen LogP contribution in [0.2, 0.25) is 0 Å². The second-order valence-electron chi connectivity index (χ2n) is 4.53. The molecule has 0 radical (unpaired) electrons. The van der Waals surface area contributed by atoms with Crippen molar-refractivity contribution in [3.63, 3.8) is 0 Å². The molecule has 8 heteroatoms. The number of aromatic nitrogens is 3. The molecule has 0 atom stereocenters. The third-order valence-electron chi connectivity index (χ3n) is 3.09. The van der Waals surface area contributed by atoms with Crippen LogP contribution in [0.3, 0.4) is 0 Å². The number of amides is 1. The highest BCUT2D eigenvalue weighted by Gasteiger charge is 2.16. The van der Waals surface area contributed by atoms with E-state index in [-0.39, 0.29) is 18.3 Å². The highest BCUT2D eigenvalue weighted by molar-refractivity contribution is 5.93. The van der Waals surface area contributed by atoms with Gasteiger partial charge in [0.1, 0.15) is 5.75 Å². The molecule has 3 N–H and O–H groups in total. The van der Waals surface area contributed by atoms with Gasteiger partial charge in [0.2, 0.25) is 0 Å². The maximum Gasteiger partial charge on any atom is 0.273 e. The van der Waals surface area contributed by atoms with E-state index in [1.54, 1.807) is 11.8 Å². The molecular weight excluding hydrogens is 306 g/mol. The van der Waals surface area contributed by atoms with Crippen molar-refractivity contribution in [1.82, 2.24) is 20.3 Å². The van der Waals surface area contributed by atoms with Gasteiger partial charge in [-0.1, -0.05) is 5.21 Å². The fraction of sp³-hybridized carbons (Fsp3) is 0.357. The Morgan fingerprint density at radius 1 is 1.36 bits per heavy atom. The van der Waals surface area contributed by atoms with Crippen molar-refractivity contribution in [2.75, 3.05) is 20.2 Å². The molecule has 1 amide bonds. The van der Waals surface area contributed by atoms with Crippen LogP contribution >= 0.6 is 12.4 Å². The average Bonchev–Trinajstić information content (AvgIpc) is 2.89. The highest BCUT2D eigenvalue weighted by Crippen LogP contribution is 2.16. The van der Waals surface area contributed by atoms with E-state index < -0.39 is 0 Å². The van der Waals surface area contributed by atoms with Gasteiger partial charge in [-0.05, 0) is 44.2 Å². The molecule has 7 nitrogen and oxygen atoms in total. The molecule has 0 bridgehead atoms. The summed E-state index contributed by atoms with van der Waals surface area (Å²) in [6, 6.07) is 7.38. The van der Waals surface area contributed by atoms with Crippen LogP contribution in [0.1, 0.15) is 22.6 Å². The zero-order valence-corrected chi connectivity index (χ0v) is 13.4. The SMILES string of the molecule is COc1ccc(-n2nnc(C(=O)NCCCN)c2C)cc1.Cl. The zero-order chi connectivity index (χ0) is 15.2. The van der Waals surface area contributed by atoms with Crippen molar-refractivity contribution in [3.05, 3.63) is 35.7 Å². The van der Waals surface area contributed by atoms with Crippen molar-refractivity contribution in [2.45, 2.75) is 13.3 Å². The Hall–Kier alpha value is -2.12. The van der Waals surface area contributed by atoms with Crippen molar-refractivity contribution in [2.24, 2.45) is 5.73 Å². The van der Waals surface area contributed by atoms with Crippen molar-refractivity contribution < 1.29 is 9.53 Å². The van der Waals surface area contributed by atoms with E-state index in [2.05, 4.69) is 15.6 Å². The van der Waals surface area contributed by atoms with E-state index in [9.17, 15) is 4.79 Å². The van der Waals surface area contributed by atoms with Gasteiger partial charge in [0, 0.05) is 6.54 Å². The van der Waals surface area contributed by atoms with Gasteiger partial charge in [-0.15, -0.1) is 17.5 Å². The fourth-order valence-electron chi connectivity index (χ4n) is 1.90. The van der Waals surface area contributed by atoms with Crippen LogP contribution in [-0.2, 0) is 0 Å². The first-order valence-electron chi connectivity index (χ1n) is 6.72. The molecule has 0 saturated heterocycles.